The molecule has 1 amide bonds. The Kier molecular flexibility index (Phi) is 5.05. The molecule has 0 N–H and O–H groups in total. The van der Waals surface area contributed by atoms with Gasteiger partial charge < -0.3 is 4.90 Å². The molecule has 2 aromatic rings. The molecule has 124 valence electrons. The highest BCUT2D eigenvalue weighted by molar-refractivity contribution is 7.99. The topological polar surface area (TPSA) is 89.2 Å². The summed E-state index contributed by atoms with van der Waals surface area (Å²) in [6.07, 6.45) is 2.16. The van der Waals surface area contributed by atoms with Crippen molar-refractivity contribution < 1.29 is 9.72 Å². The predicted octanol–water partition coefficient (Wildman–Crippen LogP) is 2.77. The first-order valence-corrected chi connectivity index (χ1v) is 8.61. The fourth-order valence-corrected chi connectivity index (χ4v) is 3.24. The van der Waals surface area contributed by atoms with Gasteiger partial charge >= 0.3 is 0 Å². The van der Waals surface area contributed by atoms with E-state index in [0.29, 0.717) is 22.0 Å². The maximum atomic E-state index is 12.0. The number of thioether (sulfide) groups is 1. The molecule has 0 unspecified atom stereocenters. The summed E-state index contributed by atoms with van der Waals surface area (Å²) >= 11 is 1.35. The second kappa shape index (κ2) is 7.39. The van der Waals surface area contributed by atoms with Crippen molar-refractivity contribution in [2.75, 3.05) is 18.8 Å². The van der Waals surface area contributed by atoms with Crippen molar-refractivity contribution in [2.24, 2.45) is 0 Å². The molecule has 1 saturated heterocycles. The van der Waals surface area contributed by atoms with E-state index in [1.54, 1.807) is 24.3 Å². The maximum absolute atomic E-state index is 12.0. The van der Waals surface area contributed by atoms with E-state index in [2.05, 4.69) is 10.2 Å². The smallest absolute Gasteiger partial charge is 0.270 e. The van der Waals surface area contributed by atoms with E-state index in [-0.39, 0.29) is 11.6 Å². The van der Waals surface area contributed by atoms with Crippen LogP contribution in [0.3, 0.4) is 0 Å². The number of hydrogen-bond donors (Lipinski definition) is 0. The number of rotatable bonds is 5. The van der Waals surface area contributed by atoms with Gasteiger partial charge in [0.1, 0.15) is 5.03 Å². The van der Waals surface area contributed by atoms with Gasteiger partial charge in [-0.25, -0.2) is 0 Å². The van der Waals surface area contributed by atoms with E-state index in [0.717, 1.165) is 25.9 Å². The van der Waals surface area contributed by atoms with Crippen LogP contribution >= 0.6 is 11.8 Å². The third-order valence-electron chi connectivity index (χ3n) is 3.80. The molecule has 0 spiro atoms. The first-order valence-electron chi connectivity index (χ1n) is 7.62. The highest BCUT2D eigenvalue weighted by Gasteiger charge is 2.18. The molecule has 2 heterocycles. The van der Waals surface area contributed by atoms with Gasteiger partial charge in [0.05, 0.1) is 16.4 Å². The van der Waals surface area contributed by atoms with Gasteiger partial charge in [0.25, 0.3) is 5.69 Å². The average molecular weight is 344 g/mol. The van der Waals surface area contributed by atoms with Gasteiger partial charge in [-0.2, -0.15) is 0 Å². The van der Waals surface area contributed by atoms with E-state index in [4.69, 9.17) is 0 Å². The Hall–Kier alpha value is -2.48. The van der Waals surface area contributed by atoms with Gasteiger partial charge in [-0.15, -0.1) is 10.2 Å². The van der Waals surface area contributed by atoms with E-state index in [9.17, 15) is 14.9 Å². The third-order valence-corrected chi connectivity index (χ3v) is 4.70. The zero-order chi connectivity index (χ0) is 16.9. The molecule has 1 aliphatic rings. The van der Waals surface area contributed by atoms with Crippen LogP contribution in [0.5, 0.6) is 0 Å². The van der Waals surface area contributed by atoms with Gasteiger partial charge in [-0.3, -0.25) is 14.9 Å². The number of carbonyl (C=O) groups is 1. The third kappa shape index (κ3) is 3.88. The van der Waals surface area contributed by atoms with Crippen LogP contribution in [0.15, 0.2) is 41.4 Å². The molecule has 1 fully saturated rings. The summed E-state index contributed by atoms with van der Waals surface area (Å²) in [5, 5.41) is 19.7. The summed E-state index contributed by atoms with van der Waals surface area (Å²) in [4.78, 5) is 24.3. The number of nitrogens with zero attached hydrogens (tertiary/aromatic N) is 4. The second-order valence-corrected chi connectivity index (χ2v) is 6.44. The minimum Gasteiger partial charge on any atom is -0.342 e. The molecule has 0 aliphatic carbocycles. The van der Waals surface area contributed by atoms with Gasteiger partial charge in [0.2, 0.25) is 5.91 Å². The monoisotopic (exact) mass is 344 g/mol. The van der Waals surface area contributed by atoms with Crippen LogP contribution in [0, 0.1) is 10.1 Å². The number of nitro benzene ring substituents is 1. The molecule has 0 atom stereocenters. The summed E-state index contributed by atoms with van der Waals surface area (Å²) in [6, 6.07) is 9.81. The van der Waals surface area contributed by atoms with E-state index in [1.807, 2.05) is 4.90 Å². The second-order valence-electron chi connectivity index (χ2n) is 5.44. The zero-order valence-electron chi connectivity index (χ0n) is 12.9. The van der Waals surface area contributed by atoms with Gasteiger partial charge in [0.15, 0.2) is 0 Å². The average Bonchev–Trinajstić information content (AvgIpc) is 3.15. The van der Waals surface area contributed by atoms with Crippen molar-refractivity contribution in [3.8, 4) is 11.3 Å². The van der Waals surface area contributed by atoms with Crippen LogP contribution in [-0.4, -0.2) is 44.8 Å². The van der Waals surface area contributed by atoms with E-state index in [1.165, 1.54) is 23.9 Å². The molecule has 24 heavy (non-hydrogen) atoms. The highest BCUT2D eigenvalue weighted by Crippen LogP contribution is 2.23. The molecule has 3 rings (SSSR count). The lowest BCUT2D eigenvalue weighted by Gasteiger charge is -2.14. The lowest BCUT2D eigenvalue weighted by molar-refractivity contribution is -0.384. The largest absolute Gasteiger partial charge is 0.342 e. The molecule has 1 aromatic carbocycles. The normalized spacial score (nSPS) is 13.9. The lowest BCUT2D eigenvalue weighted by atomic mass is 10.1. The molecule has 8 heteroatoms. The van der Waals surface area contributed by atoms with Crippen molar-refractivity contribution in [1.82, 2.24) is 15.1 Å². The van der Waals surface area contributed by atoms with Crippen molar-refractivity contribution >= 4 is 23.4 Å². The van der Waals surface area contributed by atoms with Crippen molar-refractivity contribution in [3.63, 3.8) is 0 Å². The number of non-ortho nitro benzene ring substituents is 1. The molecular formula is C16H16N4O3S. The van der Waals surface area contributed by atoms with E-state index < -0.39 is 4.92 Å². The number of amides is 1. The maximum Gasteiger partial charge on any atom is 0.270 e. The lowest BCUT2D eigenvalue weighted by Crippen LogP contribution is -2.29. The van der Waals surface area contributed by atoms with Crippen LogP contribution < -0.4 is 0 Å². The predicted molar refractivity (Wildman–Crippen MR) is 90.7 cm³/mol. The fraction of sp³-hybridized carbons (Fsp3) is 0.312. The minimum absolute atomic E-state index is 0.0176. The summed E-state index contributed by atoms with van der Waals surface area (Å²) in [7, 11) is 0. The van der Waals surface area contributed by atoms with E-state index >= 15 is 0 Å². The number of aromatic nitrogens is 2. The Labute approximate surface area is 143 Å². The van der Waals surface area contributed by atoms with Crippen LogP contribution in [0.1, 0.15) is 12.8 Å². The number of hydrogen-bond acceptors (Lipinski definition) is 6. The summed E-state index contributed by atoms with van der Waals surface area (Å²) in [5.74, 6) is 0.479. The van der Waals surface area contributed by atoms with Crippen molar-refractivity contribution in [3.05, 3.63) is 46.5 Å². The molecule has 0 bridgehead atoms. The van der Waals surface area contributed by atoms with Crippen LogP contribution in [0.4, 0.5) is 5.69 Å². The Morgan fingerprint density at radius 2 is 2.00 bits per heavy atom. The van der Waals surface area contributed by atoms with Crippen molar-refractivity contribution in [2.45, 2.75) is 17.9 Å². The first-order chi connectivity index (χ1) is 11.6. The number of benzene rings is 1. The van der Waals surface area contributed by atoms with Gasteiger partial charge in [0, 0.05) is 30.8 Å². The number of nitro groups is 1. The Morgan fingerprint density at radius 1 is 1.21 bits per heavy atom. The quantitative estimate of drug-likeness (QED) is 0.471. The molecule has 0 radical (unpaired) electrons. The number of carbonyl (C=O) groups excluding carboxylic acids is 1. The fourth-order valence-electron chi connectivity index (χ4n) is 2.52. The number of likely N-dealkylation sites (tertiary alicyclic amines) is 1. The van der Waals surface area contributed by atoms with Crippen LogP contribution in [0.2, 0.25) is 0 Å². The SMILES string of the molecule is O=C(CSc1ccc(-c2cccc([N+](=O)[O-])c2)nn1)N1CCCC1. The summed E-state index contributed by atoms with van der Waals surface area (Å²) in [5.41, 5.74) is 1.22. The Bertz CT molecular complexity index is 745. The molecule has 1 aromatic heterocycles. The molecule has 7 nitrogen and oxygen atoms in total. The Balaban J connectivity index is 1.64. The highest BCUT2D eigenvalue weighted by atomic mass is 32.2. The molecular weight excluding hydrogens is 328 g/mol. The minimum atomic E-state index is -0.439. The first kappa shape index (κ1) is 16.4. The van der Waals surface area contributed by atoms with Crippen LogP contribution in [-0.2, 0) is 4.79 Å². The zero-order valence-corrected chi connectivity index (χ0v) is 13.7. The van der Waals surface area contributed by atoms with Crippen molar-refractivity contribution in [1.29, 1.82) is 0 Å². The summed E-state index contributed by atoms with van der Waals surface area (Å²) < 4.78 is 0. The molecule has 0 saturated carbocycles. The van der Waals surface area contributed by atoms with Gasteiger partial charge in [-0.1, -0.05) is 23.9 Å². The molecule has 1 aliphatic heterocycles. The van der Waals surface area contributed by atoms with Crippen LogP contribution in [0.25, 0.3) is 11.3 Å². The Morgan fingerprint density at radius 3 is 2.67 bits per heavy atom. The van der Waals surface area contributed by atoms with Gasteiger partial charge in [-0.05, 0) is 25.0 Å². The summed E-state index contributed by atoms with van der Waals surface area (Å²) in [6.45, 7) is 1.69. The standard InChI is InChI=1S/C16H16N4O3S/c21-16(19-8-1-2-9-19)11-24-15-7-6-14(17-18-15)12-4-3-5-13(10-12)20(22)23/h3-7,10H,1-2,8-9,11H2.